The van der Waals surface area contributed by atoms with E-state index in [1.54, 1.807) is 7.11 Å². The minimum atomic E-state index is -0.600. The Kier molecular flexibility index (Phi) is 6.76. The molecule has 1 heterocycles. The highest BCUT2D eigenvalue weighted by molar-refractivity contribution is 5.96. The van der Waals surface area contributed by atoms with Crippen molar-refractivity contribution in [1.82, 2.24) is 10.6 Å². The Labute approximate surface area is 152 Å². The first-order valence-electron chi connectivity index (χ1n) is 8.34. The van der Waals surface area contributed by atoms with E-state index in [1.807, 2.05) is 0 Å². The molecule has 0 unspecified atom stereocenters. The number of hydrogen-bond donors (Lipinski definition) is 2. The summed E-state index contributed by atoms with van der Waals surface area (Å²) in [6, 6.07) is 2.63. The zero-order valence-electron chi connectivity index (χ0n) is 15.3. The van der Waals surface area contributed by atoms with Gasteiger partial charge in [0.25, 0.3) is 5.91 Å². The highest BCUT2D eigenvalue weighted by Gasteiger charge is 2.33. The van der Waals surface area contributed by atoms with Crippen LogP contribution in [-0.2, 0) is 4.74 Å². The van der Waals surface area contributed by atoms with E-state index in [0.717, 1.165) is 25.9 Å². The number of carbonyl (C=O) groups excluding carboxylic acids is 1. The molecule has 1 aliphatic heterocycles. The number of rotatable bonds is 8. The molecule has 0 bridgehead atoms. The van der Waals surface area contributed by atoms with E-state index < -0.39 is 10.8 Å². The number of methoxy groups -OCH3 is 3. The number of nitrogens with one attached hydrogen (secondary N) is 2. The summed E-state index contributed by atoms with van der Waals surface area (Å²) in [5.74, 6) is -0.272. The summed E-state index contributed by atoms with van der Waals surface area (Å²) in [5, 5.41) is 17.5. The predicted octanol–water partition coefficient (Wildman–Crippen LogP) is 1.36. The van der Waals surface area contributed by atoms with Crippen molar-refractivity contribution in [3.05, 3.63) is 27.8 Å². The van der Waals surface area contributed by atoms with Crippen molar-refractivity contribution >= 4 is 11.6 Å². The zero-order valence-corrected chi connectivity index (χ0v) is 15.3. The average molecular weight is 367 g/mol. The number of piperidine rings is 1. The number of benzene rings is 1. The summed E-state index contributed by atoms with van der Waals surface area (Å²) in [6.45, 7) is 2.70. The van der Waals surface area contributed by atoms with E-state index in [2.05, 4.69) is 10.6 Å². The first-order valence-corrected chi connectivity index (χ1v) is 8.34. The normalized spacial score (nSPS) is 16.0. The molecular formula is C17H25N3O6. The van der Waals surface area contributed by atoms with Crippen LogP contribution in [0.2, 0.25) is 0 Å². The van der Waals surface area contributed by atoms with Crippen molar-refractivity contribution < 1.29 is 23.9 Å². The van der Waals surface area contributed by atoms with Crippen LogP contribution in [0.3, 0.4) is 0 Å². The molecule has 0 aliphatic carbocycles. The summed E-state index contributed by atoms with van der Waals surface area (Å²) >= 11 is 0. The molecule has 9 nitrogen and oxygen atoms in total. The third-order valence-electron chi connectivity index (χ3n) is 4.66. The van der Waals surface area contributed by atoms with Gasteiger partial charge in [0.05, 0.1) is 31.3 Å². The average Bonchev–Trinajstić information content (AvgIpc) is 2.65. The molecule has 1 amide bonds. The third-order valence-corrected chi connectivity index (χ3v) is 4.66. The van der Waals surface area contributed by atoms with Crippen LogP contribution in [0.4, 0.5) is 5.69 Å². The van der Waals surface area contributed by atoms with E-state index in [9.17, 15) is 14.9 Å². The molecule has 26 heavy (non-hydrogen) atoms. The van der Waals surface area contributed by atoms with E-state index in [-0.39, 0.29) is 28.2 Å². The van der Waals surface area contributed by atoms with Crippen LogP contribution >= 0.6 is 0 Å². The Bertz CT molecular complexity index is 653. The van der Waals surface area contributed by atoms with Crippen LogP contribution in [0.1, 0.15) is 23.2 Å². The van der Waals surface area contributed by atoms with Crippen molar-refractivity contribution in [3.63, 3.8) is 0 Å². The van der Waals surface area contributed by atoms with Crippen molar-refractivity contribution in [2.45, 2.75) is 12.8 Å². The summed E-state index contributed by atoms with van der Waals surface area (Å²) in [7, 11) is 4.32. The monoisotopic (exact) mass is 367 g/mol. The van der Waals surface area contributed by atoms with Crippen molar-refractivity contribution in [2.75, 3.05) is 47.6 Å². The summed E-state index contributed by atoms with van der Waals surface area (Å²) < 4.78 is 15.5. The molecule has 9 heteroatoms. The fraction of sp³-hybridized carbons (Fsp3) is 0.588. The lowest BCUT2D eigenvalue weighted by atomic mass is 9.79. The molecule has 0 spiro atoms. The number of ether oxygens (including phenoxy) is 3. The first-order chi connectivity index (χ1) is 12.5. The molecule has 2 N–H and O–H groups in total. The minimum absolute atomic E-state index is 0.0109. The van der Waals surface area contributed by atoms with Crippen LogP contribution in [0.5, 0.6) is 11.5 Å². The van der Waals surface area contributed by atoms with Crippen LogP contribution in [-0.4, -0.2) is 58.4 Å². The number of nitro groups is 1. The summed E-state index contributed by atoms with van der Waals surface area (Å²) in [4.78, 5) is 23.3. The maximum atomic E-state index is 12.6. The van der Waals surface area contributed by atoms with Gasteiger partial charge in [-0.2, -0.15) is 0 Å². The maximum absolute atomic E-state index is 12.6. The fourth-order valence-electron chi connectivity index (χ4n) is 3.22. The Morgan fingerprint density at radius 3 is 2.50 bits per heavy atom. The Hall–Kier alpha value is -2.39. The van der Waals surface area contributed by atoms with Crippen LogP contribution < -0.4 is 20.1 Å². The Balaban J connectivity index is 2.20. The SMILES string of the molecule is COCC1(CNC(=O)c2cc(OC)c(OC)c([N+](=O)[O-])c2)CCNCC1. The number of carbonyl (C=O) groups is 1. The molecule has 1 aliphatic rings. The molecule has 144 valence electrons. The van der Waals surface area contributed by atoms with Crippen molar-refractivity contribution in [2.24, 2.45) is 5.41 Å². The highest BCUT2D eigenvalue weighted by atomic mass is 16.6. The van der Waals surface area contributed by atoms with Gasteiger partial charge in [-0.1, -0.05) is 0 Å². The van der Waals surface area contributed by atoms with Gasteiger partial charge in [0, 0.05) is 25.1 Å². The maximum Gasteiger partial charge on any atom is 0.315 e. The van der Waals surface area contributed by atoms with Gasteiger partial charge >= 0.3 is 5.69 Å². The van der Waals surface area contributed by atoms with Gasteiger partial charge in [-0.3, -0.25) is 14.9 Å². The number of nitro benzene ring substituents is 1. The van der Waals surface area contributed by atoms with Gasteiger partial charge in [0.15, 0.2) is 5.75 Å². The molecule has 1 aromatic rings. The van der Waals surface area contributed by atoms with Crippen molar-refractivity contribution in [1.29, 1.82) is 0 Å². The molecule has 0 radical (unpaired) electrons. The number of nitrogens with zero attached hydrogens (tertiary/aromatic N) is 1. The standard InChI is InChI=1S/C17H25N3O6/c1-24-11-17(4-6-18-7-5-17)10-19-16(21)12-8-13(20(22)23)15(26-3)14(9-12)25-2/h8-9,18H,4-7,10-11H2,1-3H3,(H,19,21). The lowest BCUT2D eigenvalue weighted by Crippen LogP contribution is -2.47. The lowest BCUT2D eigenvalue weighted by molar-refractivity contribution is -0.385. The van der Waals surface area contributed by atoms with Gasteiger partial charge in [-0.25, -0.2) is 0 Å². The molecule has 1 fully saturated rings. The van der Waals surface area contributed by atoms with Crippen LogP contribution in [0.25, 0.3) is 0 Å². The summed E-state index contributed by atoms with van der Waals surface area (Å²) in [6.07, 6.45) is 1.76. The zero-order chi connectivity index (χ0) is 19.2. The quantitative estimate of drug-likeness (QED) is 0.527. The fourth-order valence-corrected chi connectivity index (χ4v) is 3.22. The van der Waals surface area contributed by atoms with Crippen LogP contribution in [0, 0.1) is 15.5 Å². The molecule has 1 aromatic carbocycles. The number of amides is 1. The predicted molar refractivity (Wildman–Crippen MR) is 94.9 cm³/mol. The number of hydrogen-bond acceptors (Lipinski definition) is 7. The van der Waals surface area contributed by atoms with Gasteiger partial charge in [0.1, 0.15) is 0 Å². The highest BCUT2D eigenvalue weighted by Crippen LogP contribution is 2.38. The van der Waals surface area contributed by atoms with Gasteiger partial charge < -0.3 is 24.8 Å². The van der Waals surface area contributed by atoms with Crippen LogP contribution in [0.15, 0.2) is 12.1 Å². The molecule has 0 atom stereocenters. The topological polar surface area (TPSA) is 112 Å². The second kappa shape index (κ2) is 8.81. The largest absolute Gasteiger partial charge is 0.493 e. The van der Waals surface area contributed by atoms with Crippen molar-refractivity contribution in [3.8, 4) is 11.5 Å². The van der Waals surface area contributed by atoms with E-state index in [4.69, 9.17) is 14.2 Å². The third kappa shape index (κ3) is 4.41. The van der Waals surface area contributed by atoms with E-state index >= 15 is 0 Å². The molecule has 2 rings (SSSR count). The Morgan fingerprint density at radius 1 is 1.27 bits per heavy atom. The lowest BCUT2D eigenvalue weighted by Gasteiger charge is -2.37. The molecular weight excluding hydrogens is 342 g/mol. The summed E-state index contributed by atoms with van der Waals surface area (Å²) in [5.41, 5.74) is -0.306. The van der Waals surface area contributed by atoms with Gasteiger partial charge in [0.2, 0.25) is 5.75 Å². The first kappa shape index (κ1) is 19.9. The van der Waals surface area contributed by atoms with Gasteiger partial charge in [-0.05, 0) is 32.0 Å². The van der Waals surface area contributed by atoms with E-state index in [1.165, 1.54) is 26.4 Å². The smallest absolute Gasteiger partial charge is 0.315 e. The second-order valence-corrected chi connectivity index (χ2v) is 6.35. The molecule has 0 saturated carbocycles. The van der Waals surface area contributed by atoms with E-state index in [0.29, 0.717) is 13.2 Å². The van der Waals surface area contributed by atoms with Gasteiger partial charge in [-0.15, -0.1) is 0 Å². The molecule has 0 aromatic heterocycles. The minimum Gasteiger partial charge on any atom is -0.493 e. The Morgan fingerprint density at radius 2 is 1.96 bits per heavy atom. The second-order valence-electron chi connectivity index (χ2n) is 6.35. The molecule has 1 saturated heterocycles.